The fourth-order valence-corrected chi connectivity index (χ4v) is 5.47. The average molecular weight is 297 g/mol. The summed E-state index contributed by atoms with van der Waals surface area (Å²) >= 11 is 1.41. The van der Waals surface area contributed by atoms with Gasteiger partial charge in [0.15, 0.2) is 0 Å². The molecule has 0 atom stereocenters. The Bertz CT molecular complexity index is 597. The number of hydrogen-bond acceptors (Lipinski definition) is 3. The van der Waals surface area contributed by atoms with E-state index in [0.29, 0.717) is 17.3 Å². The fraction of sp³-hybridized carbons (Fsp3) is 0.571. The van der Waals surface area contributed by atoms with Gasteiger partial charge in [0.2, 0.25) is 0 Å². The summed E-state index contributed by atoms with van der Waals surface area (Å²) in [6.07, 6.45) is 5.25. The van der Waals surface area contributed by atoms with Crippen LogP contribution in [0.25, 0.3) is 0 Å². The largest absolute Gasteiger partial charge is 0.252 e. The van der Waals surface area contributed by atoms with Crippen LogP contribution in [0.15, 0.2) is 27.5 Å². The van der Waals surface area contributed by atoms with Gasteiger partial charge in [-0.1, -0.05) is 18.1 Å². The van der Waals surface area contributed by atoms with Crippen molar-refractivity contribution >= 4 is 21.4 Å². The summed E-state index contributed by atoms with van der Waals surface area (Å²) in [5.41, 5.74) is 3.10. The van der Waals surface area contributed by atoms with E-state index in [1.54, 1.807) is 15.9 Å². The number of aryl methyl sites for hydroxylation is 1. The van der Waals surface area contributed by atoms with Gasteiger partial charge in [0, 0.05) is 18.0 Å². The standard InChI is InChI=1S/C14H19NO2S2/c1-2-13-5-6-14(18-13)19(16,17)15-9-7-12(8-10-15)11-3-4-11/h5-6H,2-4,7-10H2,1H3. The Balaban J connectivity index is 1.76. The van der Waals surface area contributed by atoms with Gasteiger partial charge in [-0.15, -0.1) is 11.3 Å². The Morgan fingerprint density at radius 2 is 1.74 bits per heavy atom. The number of thiophene rings is 1. The number of piperidine rings is 1. The monoisotopic (exact) mass is 297 g/mol. The summed E-state index contributed by atoms with van der Waals surface area (Å²) in [6.45, 7) is 3.36. The zero-order valence-corrected chi connectivity index (χ0v) is 12.8. The molecule has 0 unspecified atom stereocenters. The quantitative estimate of drug-likeness (QED) is 0.804. The first-order chi connectivity index (χ1) is 9.11. The van der Waals surface area contributed by atoms with Crippen LogP contribution in [0.5, 0.6) is 0 Å². The third-order valence-electron chi connectivity index (χ3n) is 3.91. The van der Waals surface area contributed by atoms with E-state index in [-0.39, 0.29) is 0 Å². The number of hydrogen-bond donors (Lipinski definition) is 0. The van der Waals surface area contributed by atoms with E-state index in [9.17, 15) is 8.42 Å². The molecular formula is C14H19NO2S2. The van der Waals surface area contributed by atoms with Crippen LogP contribution in [0.1, 0.15) is 37.5 Å². The third-order valence-corrected chi connectivity index (χ3v) is 7.50. The van der Waals surface area contributed by atoms with Gasteiger partial charge in [0.25, 0.3) is 10.0 Å². The second-order valence-electron chi connectivity index (χ2n) is 5.19. The van der Waals surface area contributed by atoms with Gasteiger partial charge >= 0.3 is 0 Å². The molecule has 2 aliphatic rings. The Kier molecular flexibility index (Phi) is 3.53. The second-order valence-corrected chi connectivity index (χ2v) is 8.52. The molecule has 0 N–H and O–H groups in total. The van der Waals surface area contributed by atoms with Gasteiger partial charge in [-0.2, -0.15) is 4.31 Å². The first kappa shape index (κ1) is 13.3. The topological polar surface area (TPSA) is 37.4 Å². The Hall–Kier alpha value is -0.650. The van der Waals surface area contributed by atoms with E-state index >= 15 is 0 Å². The van der Waals surface area contributed by atoms with Gasteiger partial charge in [-0.25, -0.2) is 8.42 Å². The van der Waals surface area contributed by atoms with Crippen molar-refractivity contribution in [2.75, 3.05) is 13.1 Å². The highest BCUT2D eigenvalue weighted by Crippen LogP contribution is 2.37. The summed E-state index contributed by atoms with van der Waals surface area (Å²) in [5, 5.41) is 0. The molecule has 3 nitrogen and oxygen atoms in total. The molecule has 104 valence electrons. The first-order valence-electron chi connectivity index (χ1n) is 6.90. The molecule has 0 radical (unpaired) electrons. The minimum Gasteiger partial charge on any atom is -0.206 e. The zero-order chi connectivity index (χ0) is 13.5. The minimum absolute atomic E-state index is 0.506. The van der Waals surface area contributed by atoms with E-state index in [0.717, 1.165) is 24.1 Å². The predicted octanol–water partition coefficient (Wildman–Crippen LogP) is 3.19. The van der Waals surface area contributed by atoms with Crippen molar-refractivity contribution in [1.82, 2.24) is 4.31 Å². The minimum atomic E-state index is -3.25. The normalized spacial score (nSPS) is 20.9. The van der Waals surface area contributed by atoms with Gasteiger partial charge in [-0.3, -0.25) is 0 Å². The van der Waals surface area contributed by atoms with Crippen LogP contribution in [-0.2, 0) is 16.4 Å². The summed E-state index contributed by atoms with van der Waals surface area (Å²) in [6, 6.07) is 3.69. The Morgan fingerprint density at radius 1 is 1.11 bits per heavy atom. The van der Waals surface area contributed by atoms with Crippen LogP contribution >= 0.6 is 11.3 Å². The summed E-state index contributed by atoms with van der Waals surface area (Å²) < 4.78 is 27.2. The molecule has 19 heavy (non-hydrogen) atoms. The number of allylic oxidation sites excluding steroid dienone is 1. The van der Waals surface area contributed by atoms with E-state index < -0.39 is 10.0 Å². The highest BCUT2D eigenvalue weighted by molar-refractivity contribution is 7.91. The van der Waals surface area contributed by atoms with Crippen molar-refractivity contribution in [3.8, 4) is 0 Å². The molecule has 0 spiro atoms. The van der Waals surface area contributed by atoms with Gasteiger partial charge in [0.1, 0.15) is 4.21 Å². The van der Waals surface area contributed by atoms with Crippen molar-refractivity contribution in [3.63, 3.8) is 0 Å². The number of rotatable bonds is 3. The van der Waals surface area contributed by atoms with Crippen molar-refractivity contribution in [1.29, 1.82) is 0 Å². The van der Waals surface area contributed by atoms with Crippen molar-refractivity contribution < 1.29 is 8.42 Å². The molecule has 0 bridgehead atoms. The van der Waals surface area contributed by atoms with E-state index in [1.165, 1.54) is 29.8 Å². The second kappa shape index (κ2) is 5.04. The van der Waals surface area contributed by atoms with E-state index in [1.807, 2.05) is 6.07 Å². The SMILES string of the molecule is CCc1ccc(S(=O)(=O)N2CCC(=C3CC3)CC2)s1. The van der Waals surface area contributed by atoms with Crippen LogP contribution in [0.2, 0.25) is 0 Å². The molecule has 2 fully saturated rings. The molecule has 5 heteroatoms. The van der Waals surface area contributed by atoms with Crippen LogP contribution in [0, 0.1) is 0 Å². The van der Waals surface area contributed by atoms with Crippen LogP contribution in [0.3, 0.4) is 0 Å². The lowest BCUT2D eigenvalue weighted by Gasteiger charge is -2.27. The molecule has 1 aromatic rings. The highest BCUT2D eigenvalue weighted by Gasteiger charge is 2.30. The lowest BCUT2D eigenvalue weighted by atomic mass is 10.1. The average Bonchev–Trinajstić information content (AvgIpc) is 3.15. The maximum atomic E-state index is 12.5. The molecule has 1 aliphatic carbocycles. The van der Waals surface area contributed by atoms with Crippen molar-refractivity contribution in [3.05, 3.63) is 28.2 Å². The van der Waals surface area contributed by atoms with Crippen molar-refractivity contribution in [2.45, 2.75) is 43.2 Å². The van der Waals surface area contributed by atoms with Crippen molar-refractivity contribution in [2.24, 2.45) is 0 Å². The molecule has 0 amide bonds. The lowest BCUT2D eigenvalue weighted by molar-refractivity contribution is 0.387. The van der Waals surface area contributed by atoms with E-state index in [4.69, 9.17) is 0 Å². The summed E-state index contributed by atoms with van der Waals surface area (Å²) in [4.78, 5) is 1.14. The molecular weight excluding hydrogens is 278 g/mol. The summed E-state index contributed by atoms with van der Waals surface area (Å²) in [7, 11) is -3.25. The molecule has 1 saturated heterocycles. The molecule has 1 saturated carbocycles. The van der Waals surface area contributed by atoms with Crippen LogP contribution in [0.4, 0.5) is 0 Å². The maximum Gasteiger partial charge on any atom is 0.252 e. The molecule has 2 heterocycles. The molecule has 3 rings (SSSR count). The third kappa shape index (κ3) is 2.64. The zero-order valence-electron chi connectivity index (χ0n) is 11.2. The first-order valence-corrected chi connectivity index (χ1v) is 9.15. The highest BCUT2D eigenvalue weighted by atomic mass is 32.2. The van der Waals surface area contributed by atoms with Gasteiger partial charge < -0.3 is 0 Å². The van der Waals surface area contributed by atoms with Crippen LogP contribution < -0.4 is 0 Å². The predicted molar refractivity (Wildman–Crippen MR) is 77.9 cm³/mol. The summed E-state index contributed by atoms with van der Waals surface area (Å²) in [5.74, 6) is 0. The molecule has 0 aromatic carbocycles. The molecule has 1 aromatic heterocycles. The number of sulfonamides is 1. The van der Waals surface area contributed by atoms with Gasteiger partial charge in [0.05, 0.1) is 0 Å². The fourth-order valence-electron chi connectivity index (χ4n) is 2.58. The Morgan fingerprint density at radius 3 is 2.26 bits per heavy atom. The maximum absolute atomic E-state index is 12.5. The lowest BCUT2D eigenvalue weighted by Crippen LogP contribution is -2.36. The van der Waals surface area contributed by atoms with Crippen LogP contribution in [-0.4, -0.2) is 25.8 Å². The molecule has 1 aliphatic heterocycles. The number of nitrogens with zero attached hydrogens (tertiary/aromatic N) is 1. The van der Waals surface area contributed by atoms with Gasteiger partial charge in [-0.05, 0) is 44.2 Å². The van der Waals surface area contributed by atoms with E-state index in [2.05, 4.69) is 6.92 Å². The Labute approximate surface area is 119 Å². The smallest absolute Gasteiger partial charge is 0.206 e.